The quantitative estimate of drug-likeness (QED) is 0.575. The van der Waals surface area contributed by atoms with Gasteiger partial charge in [0.15, 0.2) is 23.1 Å². The molecule has 0 amide bonds. The first-order chi connectivity index (χ1) is 6.11. The maximum atomic E-state index is 11.2. The average molecular weight is 180 g/mol. The highest BCUT2D eigenvalue weighted by molar-refractivity contribution is 6.08. The Kier molecular flexibility index (Phi) is 1.37. The largest absolute Gasteiger partial charge is 0.496 e. The van der Waals surface area contributed by atoms with Crippen LogP contribution in [-0.2, 0) is 19.1 Å². The smallest absolute Gasteiger partial charge is 0.279 e. The molecule has 13 heavy (non-hydrogen) atoms. The summed E-state index contributed by atoms with van der Waals surface area (Å²) in [6, 6.07) is 0. The fraction of sp³-hybridized carbons (Fsp3) is 0.333. The molecule has 2 aliphatic rings. The lowest BCUT2D eigenvalue weighted by Gasteiger charge is -2.10. The molecule has 1 aliphatic carbocycles. The summed E-state index contributed by atoms with van der Waals surface area (Å²) < 4.78 is 10.0. The Balaban J connectivity index is 2.46. The predicted octanol–water partition coefficient (Wildman–Crippen LogP) is 0.341. The van der Waals surface area contributed by atoms with Gasteiger partial charge < -0.3 is 9.47 Å². The SMILES string of the molecule is COC1=CC(=O)C=C2OC12C(C)=O. The number of epoxide rings is 1. The summed E-state index contributed by atoms with van der Waals surface area (Å²) in [6.45, 7) is 1.41. The molecule has 1 atom stereocenters. The van der Waals surface area contributed by atoms with Gasteiger partial charge in [-0.1, -0.05) is 0 Å². The zero-order valence-electron chi connectivity index (χ0n) is 7.29. The number of methoxy groups -OCH3 is 1. The molecule has 68 valence electrons. The minimum absolute atomic E-state index is 0.167. The van der Waals surface area contributed by atoms with Crippen molar-refractivity contribution in [3.05, 3.63) is 23.7 Å². The van der Waals surface area contributed by atoms with Gasteiger partial charge in [0.05, 0.1) is 7.11 Å². The number of carbonyl (C=O) groups excluding carboxylic acids is 2. The van der Waals surface area contributed by atoms with Crippen LogP contribution in [0.1, 0.15) is 6.92 Å². The van der Waals surface area contributed by atoms with Gasteiger partial charge in [-0.3, -0.25) is 9.59 Å². The van der Waals surface area contributed by atoms with Crippen LogP contribution in [0.15, 0.2) is 23.7 Å². The van der Waals surface area contributed by atoms with Gasteiger partial charge in [0, 0.05) is 12.2 Å². The molecular weight excluding hydrogens is 172 g/mol. The number of carbonyl (C=O) groups is 2. The van der Waals surface area contributed by atoms with Gasteiger partial charge in [-0.15, -0.1) is 0 Å². The standard InChI is InChI=1S/C9H8O4/c1-5(10)9-7(12-2)3-6(11)4-8(9)13-9/h3-4H,1-2H3. The van der Waals surface area contributed by atoms with Crippen molar-refractivity contribution < 1.29 is 19.1 Å². The van der Waals surface area contributed by atoms with Crippen molar-refractivity contribution in [3.63, 3.8) is 0 Å². The fourth-order valence-electron chi connectivity index (χ4n) is 1.47. The van der Waals surface area contributed by atoms with Gasteiger partial charge in [0.1, 0.15) is 0 Å². The summed E-state index contributed by atoms with van der Waals surface area (Å²) >= 11 is 0. The third-order valence-corrected chi connectivity index (χ3v) is 2.18. The van der Waals surface area contributed by atoms with Gasteiger partial charge in [-0.05, 0) is 6.92 Å². The molecule has 0 aromatic rings. The van der Waals surface area contributed by atoms with Gasteiger partial charge >= 0.3 is 0 Å². The monoisotopic (exact) mass is 180 g/mol. The highest BCUT2D eigenvalue weighted by atomic mass is 16.6. The normalized spacial score (nSPS) is 29.5. The third kappa shape index (κ3) is 0.854. The molecule has 4 nitrogen and oxygen atoms in total. The molecule has 4 heteroatoms. The van der Waals surface area contributed by atoms with E-state index in [1.165, 1.54) is 26.2 Å². The van der Waals surface area contributed by atoms with Crippen LogP contribution in [-0.4, -0.2) is 24.3 Å². The van der Waals surface area contributed by atoms with E-state index in [2.05, 4.69) is 0 Å². The first-order valence-electron chi connectivity index (χ1n) is 3.83. The molecule has 1 fully saturated rings. The Labute approximate surface area is 74.8 Å². The Bertz CT molecular complexity index is 364. The molecule has 1 unspecified atom stereocenters. The van der Waals surface area contributed by atoms with Crippen LogP contribution in [0.3, 0.4) is 0 Å². The van der Waals surface area contributed by atoms with Crippen molar-refractivity contribution in [2.24, 2.45) is 0 Å². The second-order valence-corrected chi connectivity index (χ2v) is 2.96. The highest BCUT2D eigenvalue weighted by Crippen LogP contribution is 2.49. The number of ether oxygens (including phenoxy) is 2. The van der Waals surface area contributed by atoms with Gasteiger partial charge in [-0.25, -0.2) is 0 Å². The predicted molar refractivity (Wildman–Crippen MR) is 42.7 cm³/mol. The van der Waals surface area contributed by atoms with Crippen molar-refractivity contribution in [2.45, 2.75) is 12.5 Å². The second kappa shape index (κ2) is 2.22. The number of hydrogen-bond donors (Lipinski definition) is 0. The van der Waals surface area contributed by atoms with Gasteiger partial charge in [-0.2, -0.15) is 0 Å². The van der Waals surface area contributed by atoms with Gasteiger partial charge in [0.25, 0.3) is 5.60 Å². The summed E-state index contributed by atoms with van der Waals surface area (Å²) in [7, 11) is 1.41. The average Bonchev–Trinajstić information content (AvgIpc) is 2.77. The molecule has 1 saturated heterocycles. The van der Waals surface area contributed by atoms with Crippen molar-refractivity contribution >= 4 is 11.6 Å². The molecule has 1 aliphatic heterocycles. The highest BCUT2D eigenvalue weighted by Gasteiger charge is 2.63. The first-order valence-corrected chi connectivity index (χ1v) is 3.83. The van der Waals surface area contributed by atoms with E-state index in [1.807, 2.05) is 0 Å². The third-order valence-electron chi connectivity index (χ3n) is 2.18. The summed E-state index contributed by atoms with van der Waals surface area (Å²) in [5.74, 6) is 0.299. The molecule has 0 aromatic heterocycles. The maximum Gasteiger partial charge on any atom is 0.279 e. The lowest BCUT2D eigenvalue weighted by atomic mass is 9.96. The summed E-state index contributed by atoms with van der Waals surface area (Å²) in [4.78, 5) is 22.3. The van der Waals surface area contributed by atoms with Crippen molar-refractivity contribution in [2.75, 3.05) is 7.11 Å². The van der Waals surface area contributed by atoms with Crippen LogP contribution < -0.4 is 0 Å². The van der Waals surface area contributed by atoms with E-state index < -0.39 is 5.60 Å². The summed E-state index contributed by atoms with van der Waals surface area (Å²) in [5.41, 5.74) is -1.07. The number of hydrogen-bond acceptors (Lipinski definition) is 4. The lowest BCUT2D eigenvalue weighted by Crippen LogP contribution is -2.27. The Morgan fingerprint density at radius 3 is 2.77 bits per heavy atom. The van der Waals surface area contributed by atoms with E-state index in [0.717, 1.165) is 0 Å². The topological polar surface area (TPSA) is 55.9 Å². The van der Waals surface area contributed by atoms with E-state index in [0.29, 0.717) is 5.76 Å². The van der Waals surface area contributed by atoms with Crippen molar-refractivity contribution in [1.82, 2.24) is 0 Å². The number of allylic oxidation sites excluding steroid dienone is 2. The van der Waals surface area contributed by atoms with E-state index in [9.17, 15) is 9.59 Å². The minimum atomic E-state index is -1.07. The van der Waals surface area contributed by atoms with E-state index >= 15 is 0 Å². The van der Waals surface area contributed by atoms with Crippen molar-refractivity contribution in [3.8, 4) is 0 Å². The van der Waals surface area contributed by atoms with E-state index in [1.54, 1.807) is 0 Å². The molecule has 2 rings (SSSR count). The second-order valence-electron chi connectivity index (χ2n) is 2.96. The van der Waals surface area contributed by atoms with E-state index in [-0.39, 0.29) is 17.3 Å². The van der Waals surface area contributed by atoms with Crippen LogP contribution in [0.2, 0.25) is 0 Å². The molecule has 0 spiro atoms. The number of rotatable bonds is 2. The molecule has 0 aromatic carbocycles. The minimum Gasteiger partial charge on any atom is -0.496 e. The van der Waals surface area contributed by atoms with Crippen LogP contribution in [0, 0.1) is 0 Å². The number of Topliss-reactive ketones (excluding diaryl/α,β-unsaturated/α-hetero) is 1. The molecule has 1 heterocycles. The van der Waals surface area contributed by atoms with Crippen LogP contribution in [0.5, 0.6) is 0 Å². The molecule has 0 radical (unpaired) electrons. The molecular formula is C9H8O4. The van der Waals surface area contributed by atoms with Crippen LogP contribution in [0.25, 0.3) is 0 Å². The van der Waals surface area contributed by atoms with Crippen LogP contribution >= 0.6 is 0 Å². The Morgan fingerprint density at radius 1 is 1.54 bits per heavy atom. The summed E-state index contributed by atoms with van der Waals surface area (Å²) in [6.07, 6.45) is 2.59. The van der Waals surface area contributed by atoms with Crippen LogP contribution in [0.4, 0.5) is 0 Å². The van der Waals surface area contributed by atoms with Gasteiger partial charge in [0.2, 0.25) is 0 Å². The zero-order chi connectivity index (χ0) is 9.64. The Hall–Kier alpha value is -1.58. The number of fused-ring (bicyclic) bond motifs is 1. The zero-order valence-corrected chi connectivity index (χ0v) is 7.29. The Morgan fingerprint density at radius 2 is 2.23 bits per heavy atom. The molecule has 0 bridgehead atoms. The first kappa shape index (κ1) is 8.04. The number of ketones is 2. The molecule has 0 N–H and O–H groups in total. The fourth-order valence-corrected chi connectivity index (χ4v) is 1.47. The van der Waals surface area contributed by atoms with Crippen molar-refractivity contribution in [1.29, 1.82) is 0 Å². The van der Waals surface area contributed by atoms with E-state index in [4.69, 9.17) is 9.47 Å². The maximum absolute atomic E-state index is 11.2. The molecule has 0 saturated carbocycles. The lowest BCUT2D eigenvalue weighted by molar-refractivity contribution is -0.121. The summed E-state index contributed by atoms with van der Waals surface area (Å²) in [5, 5.41) is 0.